The minimum atomic E-state index is 0. The topological polar surface area (TPSA) is 88.9 Å². The highest BCUT2D eigenvalue weighted by Crippen LogP contribution is 2.22. The molecule has 1 aromatic heterocycles. The first kappa shape index (κ1) is 26.9. The highest BCUT2D eigenvalue weighted by Gasteiger charge is 2.12. The van der Waals surface area contributed by atoms with E-state index in [0.717, 1.165) is 25.1 Å². The zero-order chi connectivity index (χ0) is 21.7. The Hall–Kier alpha value is -1.10. The minimum Gasteiger partial charge on any atom is -0.378 e. The summed E-state index contributed by atoms with van der Waals surface area (Å²) in [6.07, 6.45) is 5.47. The molecule has 0 aliphatic carbocycles. The van der Waals surface area contributed by atoms with Gasteiger partial charge in [-0.25, -0.2) is 4.68 Å². The number of aromatic nitrogens is 3. The lowest BCUT2D eigenvalue weighted by Gasteiger charge is -2.09. The predicted molar refractivity (Wildman–Crippen MR) is 118 cm³/mol. The van der Waals surface area contributed by atoms with Crippen molar-refractivity contribution in [1.29, 1.82) is 0 Å². The van der Waals surface area contributed by atoms with Gasteiger partial charge in [-0.1, -0.05) is 25.5 Å². The molecule has 1 atom stereocenters. The van der Waals surface area contributed by atoms with Crippen LogP contribution in [0.3, 0.4) is 0 Å². The molecule has 178 valence electrons. The summed E-state index contributed by atoms with van der Waals surface area (Å²) in [4.78, 5) is 0. The largest absolute Gasteiger partial charge is 0.378 e. The maximum atomic E-state index is 5.60. The number of rotatable bonds is 22. The summed E-state index contributed by atoms with van der Waals surface area (Å²) in [5.74, 6) is 0.509. The summed E-state index contributed by atoms with van der Waals surface area (Å²) in [6, 6.07) is 0. The van der Waals surface area contributed by atoms with Crippen molar-refractivity contribution in [3.8, 4) is 0 Å². The maximum absolute atomic E-state index is 5.60. The zero-order valence-corrected chi connectivity index (χ0v) is 19.1. The number of hydrogen-bond acceptors (Lipinski definition) is 8. The summed E-state index contributed by atoms with van der Waals surface area (Å²) in [6.45, 7) is 11.8. The second-order valence-corrected chi connectivity index (χ2v) is 6.97. The molecular formula is C21H44N4O5. The Balaban J connectivity index is 0.00000900. The van der Waals surface area contributed by atoms with Gasteiger partial charge in [0.1, 0.15) is 0 Å². The first-order valence-electron chi connectivity index (χ1n) is 11.2. The molecule has 0 aliphatic rings. The molecule has 0 fully saturated rings. The van der Waals surface area contributed by atoms with Gasteiger partial charge >= 0.3 is 0 Å². The van der Waals surface area contributed by atoms with E-state index in [9.17, 15) is 0 Å². The Bertz CT molecular complexity index is 496. The number of likely N-dealkylation sites (N-methyl/N-ethyl adjacent to an activating group) is 1. The van der Waals surface area contributed by atoms with Crippen molar-refractivity contribution in [3.63, 3.8) is 0 Å². The Morgan fingerprint density at radius 3 is 1.90 bits per heavy atom. The Labute approximate surface area is 183 Å². The van der Waals surface area contributed by atoms with Gasteiger partial charge in [0, 0.05) is 20.1 Å². The minimum absolute atomic E-state index is 0. The van der Waals surface area contributed by atoms with Crippen LogP contribution in [0.1, 0.15) is 46.1 Å². The molecule has 0 amide bonds. The highest BCUT2D eigenvalue weighted by atomic mass is 16.6. The molecule has 1 rings (SSSR count). The molecule has 0 radical (unpaired) electrons. The van der Waals surface area contributed by atoms with Crippen molar-refractivity contribution >= 4 is 0 Å². The number of ether oxygens (including phenoxy) is 5. The summed E-state index contributed by atoms with van der Waals surface area (Å²) >= 11 is 0. The van der Waals surface area contributed by atoms with E-state index in [2.05, 4.69) is 29.5 Å². The van der Waals surface area contributed by atoms with E-state index in [0.29, 0.717) is 78.5 Å². The molecule has 0 aromatic carbocycles. The lowest BCUT2D eigenvalue weighted by atomic mass is 9.98. The highest BCUT2D eigenvalue weighted by molar-refractivity contribution is 5.01. The van der Waals surface area contributed by atoms with Crippen molar-refractivity contribution in [1.82, 2.24) is 20.3 Å². The Morgan fingerprint density at radius 2 is 1.40 bits per heavy atom. The van der Waals surface area contributed by atoms with E-state index >= 15 is 0 Å². The van der Waals surface area contributed by atoms with Gasteiger partial charge in [-0.3, -0.25) is 0 Å². The molecular weight excluding hydrogens is 388 g/mol. The molecule has 0 saturated carbocycles. The smallest absolute Gasteiger partial charge is 0.0857 e. The van der Waals surface area contributed by atoms with Gasteiger partial charge in [0.25, 0.3) is 0 Å². The SMILES string of the molecule is CCCC(CC)c1cn(CCOCCOCCOCCOCCOCCNC)nn1.[HH]. The molecule has 9 nitrogen and oxygen atoms in total. The molecule has 0 aliphatic heterocycles. The van der Waals surface area contributed by atoms with Crippen LogP contribution < -0.4 is 5.32 Å². The van der Waals surface area contributed by atoms with E-state index in [1.807, 2.05) is 17.9 Å². The quantitative estimate of drug-likeness (QED) is 0.279. The van der Waals surface area contributed by atoms with Crippen LogP contribution in [-0.2, 0) is 30.2 Å². The fourth-order valence-corrected chi connectivity index (χ4v) is 2.83. The van der Waals surface area contributed by atoms with Crippen molar-refractivity contribution < 1.29 is 25.1 Å². The van der Waals surface area contributed by atoms with Gasteiger partial charge in [0.2, 0.25) is 0 Å². The van der Waals surface area contributed by atoms with Gasteiger partial charge in [-0.2, -0.15) is 0 Å². The molecule has 1 N–H and O–H groups in total. The summed E-state index contributed by atoms with van der Waals surface area (Å²) < 4.78 is 29.2. The first-order chi connectivity index (χ1) is 14.8. The van der Waals surface area contributed by atoms with Crippen molar-refractivity contribution in [2.75, 3.05) is 79.7 Å². The standard InChI is InChI=1S/C21H42N4O5.H2/c1-4-6-20(5-2)21-19-25(24-23-21)8-10-27-12-14-29-16-18-30-17-15-28-13-11-26-9-7-22-3;/h19-20,22H,4-18H2,1-3H3;1H. The van der Waals surface area contributed by atoms with Crippen molar-refractivity contribution in [2.45, 2.75) is 45.6 Å². The Kier molecular flexibility index (Phi) is 17.8. The lowest BCUT2D eigenvalue weighted by Crippen LogP contribution is -2.17. The molecule has 0 bridgehead atoms. The maximum Gasteiger partial charge on any atom is 0.0857 e. The van der Waals surface area contributed by atoms with E-state index in [4.69, 9.17) is 23.7 Å². The fourth-order valence-electron chi connectivity index (χ4n) is 2.83. The second kappa shape index (κ2) is 19.8. The summed E-state index contributed by atoms with van der Waals surface area (Å²) in [5, 5.41) is 11.5. The fraction of sp³-hybridized carbons (Fsp3) is 0.905. The molecule has 1 unspecified atom stereocenters. The Morgan fingerprint density at radius 1 is 0.867 bits per heavy atom. The van der Waals surface area contributed by atoms with E-state index < -0.39 is 0 Å². The zero-order valence-electron chi connectivity index (χ0n) is 19.1. The van der Waals surface area contributed by atoms with Gasteiger partial charge in [0.15, 0.2) is 0 Å². The van der Waals surface area contributed by atoms with Crippen molar-refractivity contribution in [3.05, 3.63) is 11.9 Å². The van der Waals surface area contributed by atoms with Crippen LogP contribution in [0.2, 0.25) is 0 Å². The van der Waals surface area contributed by atoms with E-state index in [-0.39, 0.29) is 1.43 Å². The molecule has 30 heavy (non-hydrogen) atoms. The number of nitrogens with one attached hydrogen (secondary N) is 1. The lowest BCUT2D eigenvalue weighted by molar-refractivity contribution is -0.0113. The third kappa shape index (κ3) is 14.0. The third-order valence-electron chi connectivity index (χ3n) is 4.55. The van der Waals surface area contributed by atoms with Crippen LogP contribution in [0.4, 0.5) is 0 Å². The molecule has 0 saturated heterocycles. The average Bonchev–Trinajstić information content (AvgIpc) is 3.23. The van der Waals surface area contributed by atoms with Gasteiger partial charge in [0.05, 0.1) is 78.3 Å². The predicted octanol–water partition coefficient (Wildman–Crippen LogP) is 2.12. The van der Waals surface area contributed by atoms with Crippen LogP contribution in [0.15, 0.2) is 6.20 Å². The number of hydrogen-bond donors (Lipinski definition) is 1. The van der Waals surface area contributed by atoms with Crippen LogP contribution in [0.25, 0.3) is 0 Å². The molecule has 1 aromatic rings. The normalized spacial score (nSPS) is 12.5. The van der Waals surface area contributed by atoms with E-state index in [1.165, 1.54) is 6.42 Å². The molecule has 1 heterocycles. The van der Waals surface area contributed by atoms with Crippen LogP contribution in [0.5, 0.6) is 0 Å². The first-order valence-corrected chi connectivity index (χ1v) is 11.2. The molecule has 9 heteroatoms. The second-order valence-electron chi connectivity index (χ2n) is 6.97. The van der Waals surface area contributed by atoms with Crippen molar-refractivity contribution in [2.24, 2.45) is 0 Å². The van der Waals surface area contributed by atoms with Crippen LogP contribution in [-0.4, -0.2) is 94.7 Å². The summed E-state index contributed by atoms with van der Waals surface area (Å²) in [7, 11) is 1.90. The van der Waals surface area contributed by atoms with Gasteiger partial charge < -0.3 is 29.0 Å². The van der Waals surface area contributed by atoms with Gasteiger partial charge in [-0.05, 0) is 19.9 Å². The van der Waals surface area contributed by atoms with Gasteiger partial charge in [-0.15, -0.1) is 5.10 Å². The summed E-state index contributed by atoms with van der Waals surface area (Å²) in [5.41, 5.74) is 1.09. The monoisotopic (exact) mass is 432 g/mol. The van der Waals surface area contributed by atoms with Crippen LogP contribution in [0, 0.1) is 0 Å². The number of nitrogens with zero attached hydrogens (tertiary/aromatic N) is 3. The van der Waals surface area contributed by atoms with E-state index in [1.54, 1.807) is 0 Å². The van der Waals surface area contributed by atoms with Crippen LogP contribution >= 0.6 is 0 Å². The average molecular weight is 433 g/mol. The third-order valence-corrected chi connectivity index (χ3v) is 4.55. The molecule has 0 spiro atoms.